The lowest BCUT2D eigenvalue weighted by Crippen LogP contribution is -2.04. The maximum atomic E-state index is 13.5. The molecule has 0 fully saturated rings. The highest BCUT2D eigenvalue weighted by molar-refractivity contribution is 6.30. The van der Waals surface area contributed by atoms with Crippen LogP contribution < -0.4 is 5.32 Å². The Kier molecular flexibility index (Phi) is 4.14. The predicted octanol–water partition coefficient (Wildman–Crippen LogP) is 4.14. The topological polar surface area (TPSA) is 55.2 Å². The van der Waals surface area contributed by atoms with Crippen LogP contribution in [0.3, 0.4) is 0 Å². The molecule has 7 heteroatoms. The van der Waals surface area contributed by atoms with E-state index in [1.54, 1.807) is 24.3 Å². The molecule has 0 bridgehead atoms. The van der Waals surface area contributed by atoms with Crippen LogP contribution in [0.15, 0.2) is 36.4 Å². The van der Waals surface area contributed by atoms with Crippen molar-refractivity contribution in [3.05, 3.63) is 68.7 Å². The van der Waals surface area contributed by atoms with E-state index in [4.69, 9.17) is 11.6 Å². The number of anilines is 1. The molecule has 20 heavy (non-hydrogen) atoms. The minimum atomic E-state index is -1.19. The molecule has 0 aliphatic carbocycles. The highest BCUT2D eigenvalue weighted by atomic mass is 35.5. The van der Waals surface area contributed by atoms with Gasteiger partial charge in [-0.25, -0.2) is 4.39 Å². The van der Waals surface area contributed by atoms with Gasteiger partial charge in [-0.15, -0.1) is 0 Å². The van der Waals surface area contributed by atoms with Crippen molar-refractivity contribution in [1.82, 2.24) is 0 Å². The number of nitro benzene ring substituents is 1. The molecule has 0 heterocycles. The number of hydrogen-bond acceptors (Lipinski definition) is 3. The summed E-state index contributed by atoms with van der Waals surface area (Å²) in [6.07, 6.45) is 0. The van der Waals surface area contributed by atoms with Crippen LogP contribution in [-0.2, 0) is 6.54 Å². The molecule has 0 radical (unpaired) electrons. The van der Waals surface area contributed by atoms with Crippen molar-refractivity contribution >= 4 is 23.0 Å². The third-order valence-electron chi connectivity index (χ3n) is 2.64. The number of nitrogens with one attached hydrogen (secondary N) is 1. The Balaban J connectivity index is 2.18. The standard InChI is InChI=1S/C13H9ClF2N2O2/c14-9-1-3-10(4-2-9)17-7-8-5-13(18(19)20)12(16)6-11(8)15/h1-6,17H,7H2. The minimum absolute atomic E-state index is 0.00537. The number of benzene rings is 2. The van der Waals surface area contributed by atoms with Gasteiger partial charge in [0.1, 0.15) is 5.82 Å². The van der Waals surface area contributed by atoms with Crippen molar-refractivity contribution in [3.8, 4) is 0 Å². The number of hydrogen-bond donors (Lipinski definition) is 1. The van der Waals surface area contributed by atoms with E-state index in [2.05, 4.69) is 5.32 Å². The first kappa shape index (κ1) is 14.2. The number of halogens is 3. The van der Waals surface area contributed by atoms with Crippen molar-refractivity contribution in [1.29, 1.82) is 0 Å². The molecule has 0 unspecified atom stereocenters. The van der Waals surface area contributed by atoms with Gasteiger partial charge in [0.05, 0.1) is 4.92 Å². The van der Waals surface area contributed by atoms with Crippen LogP contribution in [0.25, 0.3) is 0 Å². The Labute approximate surface area is 118 Å². The van der Waals surface area contributed by atoms with Crippen LogP contribution in [0, 0.1) is 21.7 Å². The van der Waals surface area contributed by atoms with Gasteiger partial charge in [0.2, 0.25) is 5.82 Å². The minimum Gasteiger partial charge on any atom is -0.381 e. The first-order valence-electron chi connectivity index (χ1n) is 5.59. The van der Waals surface area contributed by atoms with E-state index < -0.39 is 22.2 Å². The molecule has 1 N–H and O–H groups in total. The highest BCUT2D eigenvalue weighted by Gasteiger charge is 2.18. The highest BCUT2D eigenvalue weighted by Crippen LogP contribution is 2.22. The molecule has 0 atom stereocenters. The van der Waals surface area contributed by atoms with Crippen molar-refractivity contribution in [3.63, 3.8) is 0 Å². The second-order valence-corrected chi connectivity index (χ2v) is 4.45. The van der Waals surface area contributed by atoms with Gasteiger partial charge in [-0.3, -0.25) is 10.1 Å². The third-order valence-corrected chi connectivity index (χ3v) is 2.89. The normalized spacial score (nSPS) is 10.3. The molecular weight excluding hydrogens is 290 g/mol. The van der Waals surface area contributed by atoms with Crippen molar-refractivity contribution in [2.24, 2.45) is 0 Å². The van der Waals surface area contributed by atoms with Crippen LogP contribution in [0.4, 0.5) is 20.2 Å². The maximum absolute atomic E-state index is 13.5. The molecule has 0 aliphatic rings. The average Bonchev–Trinajstić information content (AvgIpc) is 2.39. The maximum Gasteiger partial charge on any atom is 0.305 e. The molecule has 0 spiro atoms. The van der Waals surface area contributed by atoms with E-state index in [-0.39, 0.29) is 12.1 Å². The second-order valence-electron chi connectivity index (χ2n) is 4.01. The molecule has 104 valence electrons. The van der Waals surface area contributed by atoms with Crippen LogP contribution >= 0.6 is 11.6 Å². The molecule has 0 aliphatic heterocycles. The second kappa shape index (κ2) is 5.83. The van der Waals surface area contributed by atoms with E-state index in [0.717, 1.165) is 6.07 Å². The van der Waals surface area contributed by atoms with Crippen LogP contribution in [0.2, 0.25) is 5.02 Å². The molecule has 0 saturated heterocycles. The summed E-state index contributed by atoms with van der Waals surface area (Å²) in [7, 11) is 0. The lowest BCUT2D eigenvalue weighted by atomic mass is 10.1. The third kappa shape index (κ3) is 3.21. The average molecular weight is 299 g/mol. The summed E-state index contributed by atoms with van der Waals surface area (Å²) >= 11 is 5.72. The molecule has 2 aromatic rings. The summed E-state index contributed by atoms with van der Waals surface area (Å²) in [6, 6.07) is 8.04. The van der Waals surface area contributed by atoms with E-state index in [9.17, 15) is 18.9 Å². The Bertz CT molecular complexity index is 648. The first-order chi connectivity index (χ1) is 9.47. The Hall–Kier alpha value is -2.21. The van der Waals surface area contributed by atoms with Crippen molar-refractivity contribution < 1.29 is 13.7 Å². The van der Waals surface area contributed by atoms with Gasteiger partial charge in [-0.1, -0.05) is 11.6 Å². The zero-order chi connectivity index (χ0) is 14.7. The molecule has 2 rings (SSSR count). The molecular formula is C13H9ClF2N2O2. The van der Waals surface area contributed by atoms with E-state index >= 15 is 0 Å². The molecule has 2 aromatic carbocycles. The van der Waals surface area contributed by atoms with Gasteiger partial charge in [0, 0.05) is 35.0 Å². The molecule has 0 saturated carbocycles. The van der Waals surface area contributed by atoms with Gasteiger partial charge >= 0.3 is 5.69 Å². The van der Waals surface area contributed by atoms with Crippen molar-refractivity contribution in [2.45, 2.75) is 6.54 Å². The van der Waals surface area contributed by atoms with Gasteiger partial charge in [-0.2, -0.15) is 4.39 Å². The molecule has 0 aromatic heterocycles. The quantitative estimate of drug-likeness (QED) is 0.682. The Morgan fingerprint density at radius 2 is 1.80 bits per heavy atom. The van der Waals surface area contributed by atoms with Crippen molar-refractivity contribution in [2.75, 3.05) is 5.32 Å². The van der Waals surface area contributed by atoms with E-state index in [1.807, 2.05) is 0 Å². The van der Waals surface area contributed by atoms with Gasteiger partial charge in [0.25, 0.3) is 0 Å². The fourth-order valence-corrected chi connectivity index (χ4v) is 1.75. The monoisotopic (exact) mass is 298 g/mol. The molecule has 0 amide bonds. The largest absolute Gasteiger partial charge is 0.381 e. The lowest BCUT2D eigenvalue weighted by molar-refractivity contribution is -0.387. The van der Waals surface area contributed by atoms with Gasteiger partial charge < -0.3 is 5.32 Å². The van der Waals surface area contributed by atoms with Crippen LogP contribution in [0.5, 0.6) is 0 Å². The number of rotatable bonds is 4. The van der Waals surface area contributed by atoms with Gasteiger partial charge in [0.15, 0.2) is 0 Å². The van der Waals surface area contributed by atoms with E-state index in [1.165, 1.54) is 0 Å². The number of nitro groups is 1. The number of nitrogens with zero attached hydrogens (tertiary/aromatic N) is 1. The summed E-state index contributed by atoms with van der Waals surface area (Å²) < 4.78 is 26.7. The molecule has 4 nitrogen and oxygen atoms in total. The Morgan fingerprint density at radius 3 is 2.40 bits per heavy atom. The summed E-state index contributed by atoms with van der Waals surface area (Å²) in [4.78, 5) is 9.72. The SMILES string of the molecule is O=[N+]([O-])c1cc(CNc2ccc(Cl)cc2)c(F)cc1F. The first-order valence-corrected chi connectivity index (χ1v) is 5.97. The Morgan fingerprint density at radius 1 is 1.15 bits per heavy atom. The lowest BCUT2D eigenvalue weighted by Gasteiger charge is -2.08. The smallest absolute Gasteiger partial charge is 0.305 e. The summed E-state index contributed by atoms with van der Waals surface area (Å²) in [6.45, 7) is -0.00537. The summed E-state index contributed by atoms with van der Waals surface area (Å²) in [5.41, 5.74) is -0.0758. The fourth-order valence-electron chi connectivity index (χ4n) is 1.62. The summed E-state index contributed by atoms with van der Waals surface area (Å²) in [5, 5.41) is 14.0. The zero-order valence-electron chi connectivity index (χ0n) is 10.1. The zero-order valence-corrected chi connectivity index (χ0v) is 10.8. The van der Waals surface area contributed by atoms with Gasteiger partial charge in [-0.05, 0) is 24.3 Å². The van der Waals surface area contributed by atoms with Crippen LogP contribution in [0.1, 0.15) is 5.56 Å². The van der Waals surface area contributed by atoms with E-state index in [0.29, 0.717) is 16.8 Å². The fraction of sp³-hybridized carbons (Fsp3) is 0.0769. The van der Waals surface area contributed by atoms with Crippen LogP contribution in [-0.4, -0.2) is 4.92 Å². The summed E-state index contributed by atoms with van der Waals surface area (Å²) in [5.74, 6) is -2.03. The predicted molar refractivity (Wildman–Crippen MR) is 71.8 cm³/mol.